The van der Waals surface area contributed by atoms with Gasteiger partial charge in [0.05, 0.1) is 20.3 Å². The van der Waals surface area contributed by atoms with Gasteiger partial charge in [-0.3, -0.25) is 0 Å². The molecule has 1 aromatic carbocycles. The molecule has 0 aliphatic carbocycles. The maximum Gasteiger partial charge on any atom is 0.122 e. The molecule has 0 spiro atoms. The molecule has 0 heterocycles. The van der Waals surface area contributed by atoms with Crippen molar-refractivity contribution in [2.45, 2.75) is 39.4 Å². The lowest BCUT2D eigenvalue weighted by atomic mass is 9.78. The summed E-state index contributed by atoms with van der Waals surface area (Å²) in [6, 6.07) is 7.75. The van der Waals surface area contributed by atoms with Gasteiger partial charge in [-0.25, -0.2) is 0 Å². The molecule has 0 aliphatic heterocycles. The van der Waals surface area contributed by atoms with Crippen molar-refractivity contribution in [1.82, 2.24) is 0 Å². The molecule has 0 amide bonds. The number of aliphatic hydroxyl groups excluding tert-OH is 1. The van der Waals surface area contributed by atoms with E-state index in [0.717, 1.165) is 24.2 Å². The van der Waals surface area contributed by atoms with Gasteiger partial charge >= 0.3 is 0 Å². The average molecular weight is 276 g/mol. The lowest BCUT2D eigenvalue weighted by molar-refractivity contribution is -0.0316. The zero-order chi connectivity index (χ0) is 15.0. The van der Waals surface area contributed by atoms with Crippen LogP contribution in [0.4, 0.5) is 0 Å². The highest BCUT2D eigenvalue weighted by Crippen LogP contribution is 2.31. The Morgan fingerprint density at radius 3 is 2.30 bits per heavy atom. The van der Waals surface area contributed by atoms with Crippen LogP contribution in [0, 0.1) is 17.8 Å². The maximum absolute atomic E-state index is 10.0. The van der Waals surface area contributed by atoms with Crippen LogP contribution < -0.4 is 4.74 Å². The monoisotopic (exact) mass is 276 g/mol. The standard InChI is InChI=1S/C17H24O3/c1-5-16(18)17(6-2,7-3)13-20-12-14-8-10-15(19-4)11-9-14/h1,8-11,16,18H,6-7,12-13H2,2-4H3. The van der Waals surface area contributed by atoms with E-state index in [1.54, 1.807) is 7.11 Å². The second-order valence-corrected chi connectivity index (χ2v) is 4.98. The molecule has 3 heteroatoms. The van der Waals surface area contributed by atoms with E-state index in [2.05, 4.69) is 5.92 Å². The molecule has 1 N–H and O–H groups in total. The number of aliphatic hydroxyl groups is 1. The molecule has 1 unspecified atom stereocenters. The molecule has 1 aromatic rings. The molecule has 0 radical (unpaired) electrons. The molecule has 1 atom stereocenters. The molecule has 0 saturated heterocycles. The number of ether oxygens (including phenoxy) is 2. The Hall–Kier alpha value is -1.50. The van der Waals surface area contributed by atoms with Crippen molar-refractivity contribution >= 4 is 0 Å². The predicted molar refractivity (Wildman–Crippen MR) is 80.5 cm³/mol. The van der Waals surface area contributed by atoms with Crippen molar-refractivity contribution in [1.29, 1.82) is 0 Å². The van der Waals surface area contributed by atoms with Crippen LogP contribution in [0.3, 0.4) is 0 Å². The lowest BCUT2D eigenvalue weighted by Gasteiger charge is -2.33. The summed E-state index contributed by atoms with van der Waals surface area (Å²) in [5.74, 6) is 3.26. The van der Waals surface area contributed by atoms with E-state index in [9.17, 15) is 5.11 Å². The second kappa shape index (κ2) is 7.94. The molecule has 20 heavy (non-hydrogen) atoms. The summed E-state index contributed by atoms with van der Waals surface area (Å²) >= 11 is 0. The van der Waals surface area contributed by atoms with E-state index in [1.165, 1.54) is 0 Å². The molecule has 3 nitrogen and oxygen atoms in total. The van der Waals surface area contributed by atoms with Crippen LogP contribution in [0.1, 0.15) is 32.3 Å². The quantitative estimate of drug-likeness (QED) is 0.742. The highest BCUT2D eigenvalue weighted by atomic mass is 16.5. The molecule has 0 fully saturated rings. The van der Waals surface area contributed by atoms with E-state index in [4.69, 9.17) is 15.9 Å². The Morgan fingerprint density at radius 1 is 1.25 bits per heavy atom. The minimum absolute atomic E-state index is 0.360. The van der Waals surface area contributed by atoms with E-state index < -0.39 is 6.10 Å². The number of benzene rings is 1. The Kier molecular flexibility index (Phi) is 6.57. The maximum atomic E-state index is 10.0. The third-order valence-corrected chi connectivity index (χ3v) is 3.96. The van der Waals surface area contributed by atoms with Crippen molar-refractivity contribution in [2.24, 2.45) is 5.41 Å². The Labute approximate surface area is 121 Å². The zero-order valence-corrected chi connectivity index (χ0v) is 12.6. The molecular formula is C17H24O3. The smallest absolute Gasteiger partial charge is 0.122 e. The van der Waals surface area contributed by atoms with Crippen LogP contribution in [0.25, 0.3) is 0 Å². The Morgan fingerprint density at radius 2 is 1.85 bits per heavy atom. The van der Waals surface area contributed by atoms with Crippen molar-refractivity contribution in [3.8, 4) is 18.1 Å². The third-order valence-electron chi connectivity index (χ3n) is 3.96. The van der Waals surface area contributed by atoms with Crippen molar-refractivity contribution in [2.75, 3.05) is 13.7 Å². The number of hydrogen-bond donors (Lipinski definition) is 1. The number of rotatable bonds is 8. The van der Waals surface area contributed by atoms with Crippen LogP contribution in [-0.2, 0) is 11.3 Å². The van der Waals surface area contributed by atoms with Gasteiger partial charge in [0.1, 0.15) is 11.9 Å². The van der Waals surface area contributed by atoms with Gasteiger partial charge in [0.2, 0.25) is 0 Å². The number of terminal acetylenes is 1. The first-order valence-electron chi connectivity index (χ1n) is 6.96. The van der Waals surface area contributed by atoms with E-state index in [-0.39, 0.29) is 5.41 Å². The van der Waals surface area contributed by atoms with Crippen molar-refractivity contribution in [3.63, 3.8) is 0 Å². The van der Waals surface area contributed by atoms with Gasteiger partial charge in [0.25, 0.3) is 0 Å². The summed E-state index contributed by atoms with van der Waals surface area (Å²) in [6.07, 6.45) is 6.16. The summed E-state index contributed by atoms with van der Waals surface area (Å²) < 4.78 is 10.9. The predicted octanol–water partition coefficient (Wildman–Crippen LogP) is 3.01. The van der Waals surface area contributed by atoms with E-state index in [0.29, 0.717) is 13.2 Å². The van der Waals surface area contributed by atoms with E-state index >= 15 is 0 Å². The van der Waals surface area contributed by atoms with Gasteiger partial charge in [-0.15, -0.1) is 6.42 Å². The molecule has 110 valence electrons. The van der Waals surface area contributed by atoms with Gasteiger partial charge in [-0.1, -0.05) is 31.9 Å². The normalized spacial score (nSPS) is 12.8. The van der Waals surface area contributed by atoms with Crippen LogP contribution in [-0.4, -0.2) is 24.9 Å². The van der Waals surface area contributed by atoms with Gasteiger partial charge in [-0.2, -0.15) is 0 Å². The molecule has 1 rings (SSSR count). The van der Waals surface area contributed by atoms with Gasteiger partial charge in [0.15, 0.2) is 0 Å². The largest absolute Gasteiger partial charge is 0.497 e. The molecule has 0 saturated carbocycles. The van der Waals surface area contributed by atoms with E-state index in [1.807, 2.05) is 38.1 Å². The highest BCUT2D eigenvalue weighted by Gasteiger charge is 2.33. The average Bonchev–Trinajstić information content (AvgIpc) is 2.52. The third kappa shape index (κ3) is 4.00. The summed E-state index contributed by atoms with van der Waals surface area (Å²) in [4.78, 5) is 0. The van der Waals surface area contributed by atoms with Crippen LogP contribution in [0.15, 0.2) is 24.3 Å². The zero-order valence-electron chi connectivity index (χ0n) is 12.6. The molecule has 0 bridgehead atoms. The number of hydrogen-bond acceptors (Lipinski definition) is 3. The van der Waals surface area contributed by atoms with Gasteiger partial charge in [-0.05, 0) is 30.5 Å². The van der Waals surface area contributed by atoms with Crippen molar-refractivity contribution < 1.29 is 14.6 Å². The fraction of sp³-hybridized carbons (Fsp3) is 0.529. The van der Waals surface area contributed by atoms with Gasteiger partial charge in [0, 0.05) is 5.41 Å². The Balaban J connectivity index is 2.58. The number of methoxy groups -OCH3 is 1. The molecule has 0 aromatic heterocycles. The van der Waals surface area contributed by atoms with Crippen LogP contribution in [0.2, 0.25) is 0 Å². The second-order valence-electron chi connectivity index (χ2n) is 4.98. The first-order chi connectivity index (χ1) is 9.61. The van der Waals surface area contributed by atoms with Gasteiger partial charge < -0.3 is 14.6 Å². The van der Waals surface area contributed by atoms with Crippen LogP contribution in [0.5, 0.6) is 5.75 Å². The van der Waals surface area contributed by atoms with Crippen molar-refractivity contribution in [3.05, 3.63) is 29.8 Å². The molecule has 0 aliphatic rings. The topological polar surface area (TPSA) is 38.7 Å². The first kappa shape index (κ1) is 16.6. The summed E-state index contributed by atoms with van der Waals surface area (Å²) in [5.41, 5.74) is 0.711. The summed E-state index contributed by atoms with van der Waals surface area (Å²) in [7, 11) is 1.64. The minimum atomic E-state index is -0.770. The first-order valence-corrected chi connectivity index (χ1v) is 6.96. The molecular weight excluding hydrogens is 252 g/mol. The summed E-state index contributed by atoms with van der Waals surface area (Å²) in [5, 5.41) is 10.0. The highest BCUT2D eigenvalue weighted by molar-refractivity contribution is 5.26. The Bertz CT molecular complexity index is 427. The fourth-order valence-electron chi connectivity index (χ4n) is 2.19. The summed E-state index contributed by atoms with van der Waals surface area (Å²) in [6.45, 7) is 5.02. The fourth-order valence-corrected chi connectivity index (χ4v) is 2.19. The SMILES string of the molecule is C#CC(O)C(CC)(CC)COCc1ccc(OC)cc1. The minimum Gasteiger partial charge on any atom is -0.497 e. The lowest BCUT2D eigenvalue weighted by Crippen LogP contribution is -2.37. The van der Waals surface area contributed by atoms with Crippen LogP contribution >= 0.6 is 0 Å².